The van der Waals surface area contributed by atoms with E-state index in [1.54, 1.807) is 18.3 Å². The summed E-state index contributed by atoms with van der Waals surface area (Å²) < 4.78 is 5.89. The van der Waals surface area contributed by atoms with Crippen molar-refractivity contribution in [3.63, 3.8) is 0 Å². The molecule has 2 aromatic heterocycles. The minimum Gasteiger partial charge on any atom is -0.416 e. The third kappa shape index (κ3) is 4.69. The molecule has 0 spiro atoms. The summed E-state index contributed by atoms with van der Waals surface area (Å²) in [6.45, 7) is 4.22. The molecule has 4 rings (SSSR count). The fraction of sp³-hybridized carbons (Fsp3) is 0.381. The van der Waals surface area contributed by atoms with Crippen molar-refractivity contribution in [2.75, 3.05) is 31.5 Å². The highest BCUT2D eigenvalue weighted by molar-refractivity contribution is 6.30. The Balaban J connectivity index is 1.45. The second-order valence-electron chi connectivity index (χ2n) is 7.00. The molecule has 3 aromatic rings. The van der Waals surface area contributed by atoms with Gasteiger partial charge in [-0.3, -0.25) is 0 Å². The van der Waals surface area contributed by atoms with Gasteiger partial charge >= 0.3 is 0 Å². The Hall–Kier alpha value is -2.44. The monoisotopic (exact) mass is 397 g/mol. The quantitative estimate of drug-likeness (QED) is 0.648. The minimum atomic E-state index is 0.454. The van der Waals surface area contributed by atoms with E-state index >= 15 is 0 Å². The van der Waals surface area contributed by atoms with Crippen LogP contribution in [0, 0.1) is 0 Å². The van der Waals surface area contributed by atoms with Gasteiger partial charge in [0.05, 0.1) is 5.56 Å². The minimum absolute atomic E-state index is 0.454. The number of hydrogen-bond donors (Lipinski definition) is 1. The maximum absolute atomic E-state index is 5.95. The average Bonchev–Trinajstić information content (AvgIpc) is 3.06. The summed E-state index contributed by atoms with van der Waals surface area (Å²) in [7, 11) is 0. The van der Waals surface area contributed by atoms with Gasteiger partial charge < -0.3 is 14.6 Å². The average molecular weight is 398 g/mol. The topological polar surface area (TPSA) is 67.1 Å². The number of anilines is 1. The maximum atomic E-state index is 5.95. The molecule has 0 amide bonds. The lowest BCUT2D eigenvalue weighted by molar-refractivity contribution is 0.296. The first-order chi connectivity index (χ1) is 13.8. The van der Waals surface area contributed by atoms with Crippen LogP contribution in [-0.4, -0.2) is 46.3 Å². The number of likely N-dealkylation sites (tertiary alicyclic amines) is 1. The first kappa shape index (κ1) is 18.9. The Morgan fingerprint density at radius 2 is 1.71 bits per heavy atom. The second kappa shape index (κ2) is 9.17. The van der Waals surface area contributed by atoms with Gasteiger partial charge in [-0.25, -0.2) is 4.98 Å². The largest absolute Gasteiger partial charge is 0.416 e. The van der Waals surface area contributed by atoms with Crippen molar-refractivity contribution < 1.29 is 4.42 Å². The molecule has 0 aliphatic carbocycles. The number of hydrogen-bond acceptors (Lipinski definition) is 6. The molecule has 0 radical (unpaired) electrons. The second-order valence-corrected chi connectivity index (χ2v) is 7.44. The standard InChI is InChI=1S/C21H24ClN5O/c22-17-9-7-16(8-10-17)20-25-26-21(28-20)18-6-5-11-23-19(18)24-12-15-27-13-3-1-2-4-14-27/h5-11H,1-4,12-15H2,(H,23,24). The molecule has 1 fully saturated rings. The van der Waals surface area contributed by atoms with Crippen molar-refractivity contribution in [3.8, 4) is 22.9 Å². The summed E-state index contributed by atoms with van der Waals surface area (Å²) in [5.41, 5.74) is 1.65. The van der Waals surface area contributed by atoms with E-state index in [1.165, 1.54) is 38.8 Å². The Morgan fingerprint density at radius 3 is 2.50 bits per heavy atom. The zero-order valence-corrected chi connectivity index (χ0v) is 16.5. The molecule has 0 saturated carbocycles. The fourth-order valence-electron chi connectivity index (χ4n) is 3.45. The van der Waals surface area contributed by atoms with Crippen molar-refractivity contribution in [1.29, 1.82) is 0 Å². The predicted octanol–water partition coefficient (Wildman–Crippen LogP) is 4.74. The Bertz CT molecular complexity index is 888. The highest BCUT2D eigenvalue weighted by Crippen LogP contribution is 2.28. The third-order valence-electron chi connectivity index (χ3n) is 4.97. The summed E-state index contributed by atoms with van der Waals surface area (Å²) in [5.74, 6) is 1.69. The molecule has 3 heterocycles. The molecule has 0 bridgehead atoms. The van der Waals surface area contributed by atoms with E-state index in [2.05, 4.69) is 25.4 Å². The summed E-state index contributed by atoms with van der Waals surface area (Å²) in [5, 5.41) is 12.5. The molecule has 0 atom stereocenters. The van der Waals surface area contributed by atoms with Crippen molar-refractivity contribution in [2.24, 2.45) is 0 Å². The number of halogens is 1. The lowest BCUT2D eigenvalue weighted by atomic mass is 10.2. The molecule has 1 aromatic carbocycles. The van der Waals surface area contributed by atoms with Crippen LogP contribution in [-0.2, 0) is 0 Å². The van der Waals surface area contributed by atoms with E-state index in [9.17, 15) is 0 Å². The zero-order chi connectivity index (χ0) is 19.2. The van der Waals surface area contributed by atoms with Gasteiger partial charge in [0.15, 0.2) is 0 Å². The van der Waals surface area contributed by atoms with E-state index in [0.29, 0.717) is 16.8 Å². The highest BCUT2D eigenvalue weighted by Gasteiger charge is 2.15. The van der Waals surface area contributed by atoms with Crippen LogP contribution < -0.4 is 5.32 Å². The normalized spacial score (nSPS) is 15.3. The van der Waals surface area contributed by atoms with Gasteiger partial charge in [0.2, 0.25) is 5.89 Å². The summed E-state index contributed by atoms with van der Waals surface area (Å²) >= 11 is 5.95. The number of pyridine rings is 1. The van der Waals surface area contributed by atoms with Crippen LogP contribution in [0.15, 0.2) is 47.0 Å². The van der Waals surface area contributed by atoms with Crippen molar-refractivity contribution in [2.45, 2.75) is 25.7 Å². The summed E-state index contributed by atoms with van der Waals surface area (Å²) in [6.07, 6.45) is 7.06. The van der Waals surface area contributed by atoms with E-state index in [0.717, 1.165) is 30.0 Å². The van der Waals surface area contributed by atoms with Crippen LogP contribution in [0.2, 0.25) is 5.02 Å². The summed E-state index contributed by atoms with van der Waals surface area (Å²) in [6, 6.07) is 11.2. The van der Waals surface area contributed by atoms with Crippen molar-refractivity contribution in [1.82, 2.24) is 20.1 Å². The van der Waals surface area contributed by atoms with Gasteiger partial charge in [0.25, 0.3) is 5.89 Å². The number of rotatable bonds is 6. The van der Waals surface area contributed by atoms with E-state index in [4.69, 9.17) is 16.0 Å². The molecule has 1 saturated heterocycles. The van der Waals surface area contributed by atoms with Gasteiger partial charge in [-0.15, -0.1) is 10.2 Å². The molecule has 1 aliphatic rings. The molecule has 1 N–H and O–H groups in total. The molecule has 0 unspecified atom stereocenters. The number of aromatic nitrogens is 3. The molecule has 6 nitrogen and oxygen atoms in total. The van der Waals surface area contributed by atoms with E-state index in [1.807, 2.05) is 24.3 Å². The third-order valence-corrected chi connectivity index (χ3v) is 5.23. The van der Waals surface area contributed by atoms with Crippen LogP contribution in [0.4, 0.5) is 5.82 Å². The number of nitrogens with zero attached hydrogens (tertiary/aromatic N) is 4. The van der Waals surface area contributed by atoms with Gasteiger partial charge in [0.1, 0.15) is 5.82 Å². The van der Waals surface area contributed by atoms with Gasteiger partial charge in [0, 0.05) is 29.9 Å². The van der Waals surface area contributed by atoms with Gasteiger partial charge in [-0.2, -0.15) is 0 Å². The zero-order valence-electron chi connectivity index (χ0n) is 15.8. The van der Waals surface area contributed by atoms with Crippen LogP contribution in [0.1, 0.15) is 25.7 Å². The first-order valence-electron chi connectivity index (χ1n) is 9.81. The van der Waals surface area contributed by atoms with E-state index < -0.39 is 0 Å². The van der Waals surface area contributed by atoms with Crippen LogP contribution >= 0.6 is 11.6 Å². The molecule has 1 aliphatic heterocycles. The van der Waals surface area contributed by atoms with Gasteiger partial charge in [-0.05, 0) is 62.3 Å². The molecule has 146 valence electrons. The Labute approximate surface area is 169 Å². The number of benzene rings is 1. The Morgan fingerprint density at radius 1 is 0.964 bits per heavy atom. The van der Waals surface area contributed by atoms with Crippen LogP contribution in [0.25, 0.3) is 22.9 Å². The molecular formula is C21H24ClN5O. The lowest BCUT2D eigenvalue weighted by Gasteiger charge is -2.20. The Kier molecular flexibility index (Phi) is 6.19. The molecule has 7 heteroatoms. The first-order valence-corrected chi connectivity index (χ1v) is 10.2. The highest BCUT2D eigenvalue weighted by atomic mass is 35.5. The van der Waals surface area contributed by atoms with Crippen LogP contribution in [0.3, 0.4) is 0 Å². The SMILES string of the molecule is Clc1ccc(-c2nnc(-c3cccnc3NCCN3CCCCCC3)o2)cc1. The number of nitrogens with one attached hydrogen (secondary N) is 1. The van der Waals surface area contributed by atoms with Crippen molar-refractivity contribution in [3.05, 3.63) is 47.6 Å². The molecular weight excluding hydrogens is 374 g/mol. The van der Waals surface area contributed by atoms with E-state index in [-0.39, 0.29) is 0 Å². The van der Waals surface area contributed by atoms with Crippen molar-refractivity contribution >= 4 is 17.4 Å². The smallest absolute Gasteiger partial charge is 0.251 e. The fourth-order valence-corrected chi connectivity index (χ4v) is 3.58. The lowest BCUT2D eigenvalue weighted by Crippen LogP contribution is -2.30. The van der Waals surface area contributed by atoms with Crippen LogP contribution in [0.5, 0.6) is 0 Å². The van der Waals surface area contributed by atoms with Gasteiger partial charge in [-0.1, -0.05) is 24.4 Å². The maximum Gasteiger partial charge on any atom is 0.251 e. The molecule has 28 heavy (non-hydrogen) atoms. The summed E-state index contributed by atoms with van der Waals surface area (Å²) in [4.78, 5) is 7.00. The predicted molar refractivity (Wildman–Crippen MR) is 111 cm³/mol.